The highest BCUT2D eigenvalue weighted by atomic mass is 16.7. The molecule has 0 aromatic heterocycles. The van der Waals surface area contributed by atoms with E-state index in [9.17, 15) is 14.9 Å². The van der Waals surface area contributed by atoms with Crippen molar-refractivity contribution in [1.82, 2.24) is 0 Å². The number of nitro groups is 1. The number of carbonyl (C=O) groups is 1. The molecule has 0 amide bonds. The molecule has 8 heteroatoms. The molecule has 0 saturated carbocycles. The summed E-state index contributed by atoms with van der Waals surface area (Å²) in [4.78, 5) is 23.0. The van der Waals surface area contributed by atoms with Crippen LogP contribution in [0.25, 0.3) is 0 Å². The Labute approximate surface area is 149 Å². The molecule has 0 aliphatic carbocycles. The molecule has 3 rings (SSSR count). The summed E-state index contributed by atoms with van der Waals surface area (Å²) in [5.74, 6) is -0.256. The van der Waals surface area contributed by atoms with Crippen LogP contribution < -0.4 is 9.47 Å². The zero-order chi connectivity index (χ0) is 18.5. The zero-order valence-electron chi connectivity index (χ0n) is 14.0. The summed E-state index contributed by atoms with van der Waals surface area (Å²) in [7, 11) is 1.51. The number of nitrogens with zero attached hydrogens (tertiary/aromatic N) is 1. The van der Waals surface area contributed by atoms with E-state index in [2.05, 4.69) is 0 Å². The van der Waals surface area contributed by atoms with Gasteiger partial charge in [-0.25, -0.2) is 4.79 Å². The number of rotatable bonds is 5. The van der Waals surface area contributed by atoms with Crippen LogP contribution in [0.4, 0.5) is 5.69 Å². The van der Waals surface area contributed by atoms with Crippen molar-refractivity contribution in [2.75, 3.05) is 20.3 Å². The van der Waals surface area contributed by atoms with Crippen LogP contribution in [0.15, 0.2) is 42.5 Å². The van der Waals surface area contributed by atoms with Crippen LogP contribution in [0.3, 0.4) is 0 Å². The van der Waals surface area contributed by atoms with Crippen molar-refractivity contribution in [2.45, 2.75) is 12.7 Å². The van der Waals surface area contributed by atoms with E-state index in [0.717, 1.165) is 6.42 Å². The second kappa shape index (κ2) is 7.94. The Bertz CT molecular complexity index is 798. The van der Waals surface area contributed by atoms with Gasteiger partial charge in [0.05, 0.1) is 30.8 Å². The van der Waals surface area contributed by atoms with E-state index in [1.54, 1.807) is 18.2 Å². The normalized spacial score (nSPS) is 14.7. The molecule has 2 aromatic rings. The third kappa shape index (κ3) is 3.98. The minimum atomic E-state index is -0.700. The van der Waals surface area contributed by atoms with Crippen molar-refractivity contribution < 1.29 is 28.7 Å². The number of carbonyl (C=O) groups excluding carboxylic acids is 1. The Morgan fingerprint density at radius 3 is 2.46 bits per heavy atom. The van der Waals surface area contributed by atoms with Crippen LogP contribution in [0.1, 0.15) is 28.6 Å². The Morgan fingerprint density at radius 1 is 1.15 bits per heavy atom. The lowest BCUT2D eigenvalue weighted by atomic mass is 10.1. The van der Waals surface area contributed by atoms with Crippen molar-refractivity contribution in [3.05, 3.63) is 63.7 Å². The van der Waals surface area contributed by atoms with Gasteiger partial charge < -0.3 is 18.9 Å². The Morgan fingerprint density at radius 2 is 1.85 bits per heavy atom. The second-order valence-electron chi connectivity index (χ2n) is 5.53. The maximum atomic E-state index is 12.2. The van der Waals surface area contributed by atoms with Crippen molar-refractivity contribution in [1.29, 1.82) is 0 Å². The van der Waals surface area contributed by atoms with Gasteiger partial charge in [-0.3, -0.25) is 10.1 Å². The highest BCUT2D eigenvalue weighted by Crippen LogP contribution is 2.33. The van der Waals surface area contributed by atoms with Crippen LogP contribution in [-0.4, -0.2) is 31.2 Å². The van der Waals surface area contributed by atoms with Gasteiger partial charge in [-0.05, 0) is 42.8 Å². The van der Waals surface area contributed by atoms with Gasteiger partial charge in [0.25, 0.3) is 0 Å². The van der Waals surface area contributed by atoms with Crippen molar-refractivity contribution in [3.63, 3.8) is 0 Å². The SMILES string of the molecule is COc1ccc(C(=O)Oc2ccc(C3OCCCO3)cc2[N+](=O)[O-])cc1. The maximum Gasteiger partial charge on any atom is 0.343 e. The van der Waals surface area contributed by atoms with Crippen molar-refractivity contribution in [2.24, 2.45) is 0 Å². The van der Waals surface area contributed by atoms with E-state index < -0.39 is 17.2 Å². The summed E-state index contributed by atoms with van der Waals surface area (Å²) >= 11 is 0. The van der Waals surface area contributed by atoms with Gasteiger partial charge in [0, 0.05) is 11.6 Å². The third-order valence-corrected chi connectivity index (χ3v) is 3.81. The summed E-state index contributed by atoms with van der Waals surface area (Å²) in [5.41, 5.74) is 0.422. The summed E-state index contributed by atoms with van der Waals surface area (Å²) < 4.78 is 21.1. The average Bonchev–Trinajstić information content (AvgIpc) is 2.68. The van der Waals surface area contributed by atoms with Crippen LogP contribution in [-0.2, 0) is 9.47 Å². The fourth-order valence-electron chi connectivity index (χ4n) is 2.48. The molecule has 0 unspecified atom stereocenters. The van der Waals surface area contributed by atoms with Gasteiger partial charge in [-0.1, -0.05) is 0 Å². The quantitative estimate of drug-likeness (QED) is 0.350. The minimum Gasteiger partial charge on any atom is -0.497 e. The van der Waals surface area contributed by atoms with E-state index >= 15 is 0 Å². The number of ether oxygens (including phenoxy) is 4. The van der Waals surface area contributed by atoms with Gasteiger partial charge in [0.1, 0.15) is 5.75 Å². The fourth-order valence-corrected chi connectivity index (χ4v) is 2.48. The molecule has 1 aliphatic heterocycles. The smallest absolute Gasteiger partial charge is 0.343 e. The minimum absolute atomic E-state index is 0.143. The first-order chi connectivity index (χ1) is 12.6. The molecule has 0 atom stereocenters. The Balaban J connectivity index is 1.81. The lowest BCUT2D eigenvalue weighted by molar-refractivity contribution is -0.385. The molecular formula is C18H17NO7. The third-order valence-electron chi connectivity index (χ3n) is 3.81. The maximum absolute atomic E-state index is 12.2. The molecule has 0 N–H and O–H groups in total. The molecule has 0 spiro atoms. The highest BCUT2D eigenvalue weighted by molar-refractivity contribution is 5.91. The summed E-state index contributed by atoms with van der Waals surface area (Å²) in [6.07, 6.45) is 0.115. The lowest BCUT2D eigenvalue weighted by Gasteiger charge is -2.23. The van der Waals surface area contributed by atoms with E-state index in [-0.39, 0.29) is 17.0 Å². The number of esters is 1. The van der Waals surface area contributed by atoms with Crippen LogP contribution in [0.5, 0.6) is 11.5 Å². The molecule has 1 aliphatic rings. The first-order valence-electron chi connectivity index (χ1n) is 7.96. The predicted molar refractivity (Wildman–Crippen MR) is 90.3 cm³/mol. The number of benzene rings is 2. The predicted octanol–water partition coefficient (Wildman–Crippen LogP) is 3.26. The van der Waals surface area contributed by atoms with Gasteiger partial charge in [-0.2, -0.15) is 0 Å². The summed E-state index contributed by atoms with van der Waals surface area (Å²) in [6, 6.07) is 10.5. The Hall–Kier alpha value is -2.97. The molecule has 1 saturated heterocycles. The van der Waals surface area contributed by atoms with Gasteiger partial charge in [0.2, 0.25) is 5.75 Å². The standard InChI is InChI=1S/C18H17NO7/c1-23-14-6-3-12(4-7-14)17(20)26-16-8-5-13(11-15(16)19(21)22)18-24-9-2-10-25-18/h3-8,11,18H,2,9-10H2,1H3. The molecule has 0 radical (unpaired) electrons. The molecule has 136 valence electrons. The van der Waals surface area contributed by atoms with Crippen molar-refractivity contribution >= 4 is 11.7 Å². The van der Waals surface area contributed by atoms with Gasteiger partial charge in [-0.15, -0.1) is 0 Å². The monoisotopic (exact) mass is 359 g/mol. The van der Waals surface area contributed by atoms with Gasteiger partial charge in [0.15, 0.2) is 6.29 Å². The molecule has 0 bridgehead atoms. The first-order valence-corrected chi connectivity index (χ1v) is 7.96. The fraction of sp³-hybridized carbons (Fsp3) is 0.278. The molecule has 26 heavy (non-hydrogen) atoms. The van der Waals surface area contributed by atoms with Crippen LogP contribution >= 0.6 is 0 Å². The molecule has 1 fully saturated rings. The topological polar surface area (TPSA) is 97.1 Å². The van der Waals surface area contributed by atoms with E-state index in [4.69, 9.17) is 18.9 Å². The molecular weight excluding hydrogens is 342 g/mol. The highest BCUT2D eigenvalue weighted by Gasteiger charge is 2.24. The second-order valence-corrected chi connectivity index (χ2v) is 5.53. The molecule has 1 heterocycles. The number of hydrogen-bond donors (Lipinski definition) is 0. The van der Waals surface area contributed by atoms with E-state index in [1.807, 2.05) is 0 Å². The van der Waals surface area contributed by atoms with Crippen molar-refractivity contribution in [3.8, 4) is 11.5 Å². The summed E-state index contributed by atoms with van der Waals surface area (Å²) in [6.45, 7) is 1.04. The Kier molecular flexibility index (Phi) is 5.45. The number of methoxy groups -OCH3 is 1. The lowest BCUT2D eigenvalue weighted by Crippen LogP contribution is -2.18. The number of hydrogen-bond acceptors (Lipinski definition) is 7. The molecule has 8 nitrogen and oxygen atoms in total. The summed E-state index contributed by atoms with van der Waals surface area (Å²) in [5, 5.41) is 11.4. The van der Waals surface area contributed by atoms with Crippen LogP contribution in [0.2, 0.25) is 0 Å². The van der Waals surface area contributed by atoms with Crippen LogP contribution in [0, 0.1) is 10.1 Å². The first kappa shape index (κ1) is 17.8. The number of nitro benzene ring substituents is 1. The average molecular weight is 359 g/mol. The van der Waals surface area contributed by atoms with E-state index in [0.29, 0.717) is 24.5 Å². The largest absolute Gasteiger partial charge is 0.497 e. The molecule has 2 aromatic carbocycles. The zero-order valence-corrected chi connectivity index (χ0v) is 14.0. The van der Waals surface area contributed by atoms with Gasteiger partial charge >= 0.3 is 11.7 Å². The van der Waals surface area contributed by atoms with E-state index in [1.165, 1.54) is 31.4 Å².